The van der Waals surface area contributed by atoms with Gasteiger partial charge in [0.05, 0.1) is 24.8 Å². The second kappa shape index (κ2) is 6.25. The molecule has 24 heavy (non-hydrogen) atoms. The second-order valence-electron chi connectivity index (χ2n) is 5.05. The number of hydrogen-bond donors (Lipinski definition) is 0. The fourth-order valence-corrected chi connectivity index (χ4v) is 3.39. The predicted molar refractivity (Wildman–Crippen MR) is 89.6 cm³/mol. The summed E-state index contributed by atoms with van der Waals surface area (Å²) in [5, 5.41) is 14.0. The highest BCUT2D eigenvalue weighted by Gasteiger charge is 2.20. The largest absolute Gasteiger partial charge is 0.465 e. The number of ether oxygens (including phenoxy) is 1. The number of nitrogens with zero attached hydrogens (tertiary/aromatic N) is 2. The number of rotatable bonds is 4. The molecule has 0 aliphatic heterocycles. The zero-order chi connectivity index (χ0) is 17.3. The highest BCUT2D eigenvalue weighted by atomic mass is 32.1. The van der Waals surface area contributed by atoms with Gasteiger partial charge >= 0.3 is 5.97 Å². The molecule has 0 saturated carbocycles. The van der Waals surface area contributed by atoms with Crippen molar-refractivity contribution in [2.24, 2.45) is 0 Å². The van der Waals surface area contributed by atoms with Crippen LogP contribution in [-0.4, -0.2) is 22.6 Å². The third kappa shape index (κ3) is 2.79. The number of methoxy groups -OCH3 is 1. The molecule has 0 atom stereocenters. The van der Waals surface area contributed by atoms with E-state index in [0.29, 0.717) is 0 Å². The number of fused-ring (bicyclic) bond motifs is 1. The van der Waals surface area contributed by atoms with Gasteiger partial charge in [-0.2, -0.15) is 0 Å². The molecular weight excluding hydrogens is 332 g/mol. The maximum absolute atomic E-state index is 12.4. The SMILES string of the molecule is COC(=O)c1cc([N+](=O)[O-])cn(Cc2csc3ccccc23)c1=O. The fourth-order valence-electron chi connectivity index (χ4n) is 2.43. The number of nitro groups is 1. The van der Waals surface area contributed by atoms with E-state index >= 15 is 0 Å². The van der Waals surface area contributed by atoms with E-state index in [9.17, 15) is 19.7 Å². The lowest BCUT2D eigenvalue weighted by Crippen LogP contribution is -2.27. The van der Waals surface area contributed by atoms with Crippen molar-refractivity contribution in [2.75, 3.05) is 7.11 Å². The van der Waals surface area contributed by atoms with Gasteiger partial charge in [-0.3, -0.25) is 14.9 Å². The van der Waals surface area contributed by atoms with Crippen molar-refractivity contribution in [1.82, 2.24) is 4.57 Å². The van der Waals surface area contributed by atoms with Crippen LogP contribution >= 0.6 is 11.3 Å². The van der Waals surface area contributed by atoms with Crippen molar-refractivity contribution >= 4 is 33.1 Å². The number of carbonyl (C=O) groups is 1. The van der Waals surface area contributed by atoms with Crippen molar-refractivity contribution in [1.29, 1.82) is 0 Å². The standard InChI is InChI=1S/C16H12N2O5S/c1-23-16(20)13-6-11(18(21)22)8-17(15(13)19)7-10-9-24-14-5-3-2-4-12(10)14/h2-6,8-9H,7H2,1H3. The molecule has 7 nitrogen and oxygen atoms in total. The number of hydrogen-bond acceptors (Lipinski definition) is 6. The molecule has 3 aromatic rings. The summed E-state index contributed by atoms with van der Waals surface area (Å²) in [4.78, 5) is 34.6. The van der Waals surface area contributed by atoms with Crippen LogP contribution in [0.1, 0.15) is 15.9 Å². The van der Waals surface area contributed by atoms with Gasteiger partial charge in [0.2, 0.25) is 0 Å². The summed E-state index contributed by atoms with van der Waals surface area (Å²) in [5.41, 5.74) is -0.461. The van der Waals surface area contributed by atoms with E-state index in [1.165, 1.54) is 15.9 Å². The average molecular weight is 344 g/mol. The Morgan fingerprint density at radius 1 is 1.38 bits per heavy atom. The van der Waals surface area contributed by atoms with Crippen LogP contribution in [0.3, 0.4) is 0 Å². The molecule has 0 aliphatic carbocycles. The number of carbonyl (C=O) groups excluding carboxylic acids is 1. The molecule has 0 amide bonds. The molecule has 0 radical (unpaired) electrons. The van der Waals surface area contributed by atoms with E-state index in [-0.39, 0.29) is 17.8 Å². The monoisotopic (exact) mass is 344 g/mol. The summed E-state index contributed by atoms with van der Waals surface area (Å²) < 4.78 is 6.76. The molecule has 0 aliphatic rings. The lowest BCUT2D eigenvalue weighted by atomic mass is 10.1. The first kappa shape index (κ1) is 15.9. The summed E-state index contributed by atoms with van der Waals surface area (Å²) >= 11 is 1.52. The van der Waals surface area contributed by atoms with Gasteiger partial charge in [-0.05, 0) is 22.4 Å². The molecule has 2 heterocycles. The van der Waals surface area contributed by atoms with Gasteiger partial charge in [0, 0.05) is 10.8 Å². The maximum atomic E-state index is 12.4. The van der Waals surface area contributed by atoms with Crippen molar-refractivity contribution in [2.45, 2.75) is 6.54 Å². The molecule has 122 valence electrons. The molecule has 1 aromatic carbocycles. The van der Waals surface area contributed by atoms with E-state index in [4.69, 9.17) is 0 Å². The van der Waals surface area contributed by atoms with Gasteiger partial charge in [-0.15, -0.1) is 11.3 Å². The zero-order valence-corrected chi connectivity index (χ0v) is 13.4. The zero-order valence-electron chi connectivity index (χ0n) is 12.6. The topological polar surface area (TPSA) is 91.4 Å². The Morgan fingerprint density at radius 2 is 2.12 bits per heavy atom. The molecule has 0 unspecified atom stereocenters. The molecule has 0 spiro atoms. The van der Waals surface area contributed by atoms with Crippen LogP contribution in [-0.2, 0) is 11.3 Å². The summed E-state index contributed by atoms with van der Waals surface area (Å²) in [6.07, 6.45) is 1.14. The predicted octanol–water partition coefficient (Wildman–Crippen LogP) is 2.81. The van der Waals surface area contributed by atoms with Gasteiger partial charge in [-0.25, -0.2) is 4.79 Å². The highest BCUT2D eigenvalue weighted by Crippen LogP contribution is 2.26. The van der Waals surface area contributed by atoms with Crippen LogP contribution in [0.25, 0.3) is 10.1 Å². The lowest BCUT2D eigenvalue weighted by molar-refractivity contribution is -0.385. The summed E-state index contributed by atoms with van der Waals surface area (Å²) in [6, 6.07) is 8.62. The van der Waals surface area contributed by atoms with Crippen LogP contribution in [0, 0.1) is 10.1 Å². The first-order chi connectivity index (χ1) is 11.5. The Morgan fingerprint density at radius 3 is 2.83 bits per heavy atom. The Kier molecular flexibility index (Phi) is 4.13. The Hall–Kier alpha value is -3.00. The molecule has 8 heteroatoms. The van der Waals surface area contributed by atoms with Gasteiger partial charge in [0.1, 0.15) is 5.56 Å². The van der Waals surface area contributed by atoms with Crippen molar-refractivity contribution < 1.29 is 14.5 Å². The quantitative estimate of drug-likeness (QED) is 0.412. The smallest absolute Gasteiger partial charge is 0.343 e. The second-order valence-corrected chi connectivity index (χ2v) is 5.96. The minimum absolute atomic E-state index is 0.133. The van der Waals surface area contributed by atoms with Gasteiger partial charge < -0.3 is 9.30 Å². The molecule has 0 fully saturated rings. The first-order valence-corrected chi connectivity index (χ1v) is 7.81. The van der Waals surface area contributed by atoms with Gasteiger partial charge in [0.25, 0.3) is 11.2 Å². The minimum atomic E-state index is -0.896. The number of benzene rings is 1. The summed E-state index contributed by atoms with van der Waals surface area (Å²) in [6.45, 7) is 0.133. The van der Waals surface area contributed by atoms with Gasteiger partial charge in [0.15, 0.2) is 0 Å². The van der Waals surface area contributed by atoms with Crippen molar-refractivity contribution in [3.05, 3.63) is 73.5 Å². The maximum Gasteiger partial charge on any atom is 0.343 e. The van der Waals surface area contributed by atoms with Crippen LogP contribution in [0.2, 0.25) is 0 Å². The van der Waals surface area contributed by atoms with Crippen LogP contribution in [0.15, 0.2) is 46.7 Å². The molecule has 0 bridgehead atoms. The number of aromatic nitrogens is 1. The van der Waals surface area contributed by atoms with Crippen LogP contribution < -0.4 is 5.56 Å². The third-order valence-electron chi connectivity index (χ3n) is 3.59. The molecule has 0 saturated heterocycles. The third-order valence-corrected chi connectivity index (χ3v) is 4.60. The summed E-state index contributed by atoms with van der Waals surface area (Å²) in [5.74, 6) is -0.896. The Balaban J connectivity index is 2.13. The van der Waals surface area contributed by atoms with E-state index in [1.807, 2.05) is 29.6 Å². The molecular formula is C16H12N2O5S. The van der Waals surface area contributed by atoms with Crippen molar-refractivity contribution in [3.63, 3.8) is 0 Å². The van der Waals surface area contributed by atoms with Crippen LogP contribution in [0.4, 0.5) is 5.69 Å². The lowest BCUT2D eigenvalue weighted by Gasteiger charge is -2.07. The van der Waals surface area contributed by atoms with Gasteiger partial charge in [-0.1, -0.05) is 18.2 Å². The summed E-state index contributed by atoms with van der Waals surface area (Å²) in [7, 11) is 1.12. The Bertz CT molecular complexity index is 1010. The molecule has 2 aromatic heterocycles. The molecule has 3 rings (SSSR count). The number of thiophene rings is 1. The highest BCUT2D eigenvalue weighted by molar-refractivity contribution is 7.17. The Labute approximate surface area is 139 Å². The van der Waals surface area contributed by atoms with E-state index in [0.717, 1.165) is 35.0 Å². The fraction of sp³-hybridized carbons (Fsp3) is 0.125. The van der Waals surface area contributed by atoms with E-state index in [2.05, 4.69) is 4.74 Å². The average Bonchev–Trinajstić information content (AvgIpc) is 2.99. The van der Waals surface area contributed by atoms with E-state index < -0.39 is 16.5 Å². The number of esters is 1. The van der Waals surface area contributed by atoms with E-state index in [1.54, 1.807) is 0 Å². The number of pyridine rings is 1. The van der Waals surface area contributed by atoms with Crippen molar-refractivity contribution in [3.8, 4) is 0 Å². The minimum Gasteiger partial charge on any atom is -0.465 e. The normalized spacial score (nSPS) is 10.7. The van der Waals surface area contributed by atoms with Crippen LogP contribution in [0.5, 0.6) is 0 Å². The first-order valence-electron chi connectivity index (χ1n) is 6.93. The molecule has 0 N–H and O–H groups in total.